The molecule has 6 rings (SSSR count). The average Bonchev–Trinajstić information content (AvgIpc) is 3.85. The Hall–Kier alpha value is -5.16. The second-order valence-electron chi connectivity index (χ2n) is 21.4. The van der Waals surface area contributed by atoms with Crippen molar-refractivity contribution in [2.75, 3.05) is 78.4 Å². The van der Waals surface area contributed by atoms with E-state index in [1.165, 1.54) is 57.8 Å². The van der Waals surface area contributed by atoms with E-state index in [2.05, 4.69) is 47.2 Å². The summed E-state index contributed by atoms with van der Waals surface area (Å²) >= 11 is 0. The molecule has 0 unspecified atom stereocenters. The smallest absolute Gasteiger partial charge is 0.460 e. The lowest BCUT2D eigenvalue weighted by Crippen LogP contribution is -2.60. The van der Waals surface area contributed by atoms with Gasteiger partial charge in [0.1, 0.15) is 6.04 Å². The first-order chi connectivity index (χ1) is 36.4. The Morgan fingerprint density at radius 3 is 1.95 bits per heavy atom. The number of hydrogen-bond donors (Lipinski definition) is 2. The molecule has 75 heavy (non-hydrogen) atoms. The first-order valence-electron chi connectivity index (χ1n) is 28.7. The van der Waals surface area contributed by atoms with Crippen LogP contribution in [0, 0.1) is 12.8 Å². The molecule has 3 aliphatic rings. The summed E-state index contributed by atoms with van der Waals surface area (Å²) in [5.74, 6) is -3.48. The molecule has 2 aromatic carbocycles. The summed E-state index contributed by atoms with van der Waals surface area (Å²) < 4.78 is 17.7. The number of carbonyl (C=O) groups is 5. The molecular weight excluding hydrogens is 949 g/mol. The van der Waals surface area contributed by atoms with Crippen molar-refractivity contribution < 1.29 is 38.2 Å². The van der Waals surface area contributed by atoms with Crippen molar-refractivity contribution >= 4 is 52.3 Å². The van der Waals surface area contributed by atoms with E-state index in [1.807, 2.05) is 30.2 Å². The number of unbranched alkanes of at least 4 members (excludes halogenated alkanes) is 14. The first kappa shape index (κ1) is 59.1. The number of nitrogens with zero attached hydrogens (tertiary/aromatic N) is 6. The molecule has 0 aliphatic carbocycles. The number of carbonyl (C=O) groups excluding carboxylic acids is 5. The summed E-state index contributed by atoms with van der Waals surface area (Å²) in [7, 11) is 2.18. The molecule has 3 aromatic rings. The Bertz CT molecular complexity index is 2290. The molecule has 0 bridgehead atoms. The summed E-state index contributed by atoms with van der Waals surface area (Å²) in [6.45, 7) is 12.8. The number of nitrogens with one attached hydrogen (secondary N) is 1. The Labute approximate surface area is 447 Å². The van der Waals surface area contributed by atoms with Crippen LogP contribution < -0.4 is 11.2 Å². The maximum absolute atomic E-state index is 14.8. The zero-order valence-corrected chi connectivity index (χ0v) is 46.0. The fraction of sp³-hybridized carbons (Fsp3) is 0.661. The number of allylic oxidation sites excluding steroid dienone is 1. The van der Waals surface area contributed by atoms with Gasteiger partial charge in [-0.3, -0.25) is 19.3 Å². The van der Waals surface area contributed by atoms with Crippen LogP contribution in [0.4, 0.5) is 10.5 Å². The van der Waals surface area contributed by atoms with Gasteiger partial charge in [0.25, 0.3) is 0 Å². The van der Waals surface area contributed by atoms with E-state index < -0.39 is 29.7 Å². The van der Waals surface area contributed by atoms with E-state index in [1.54, 1.807) is 29.0 Å². The second-order valence-corrected chi connectivity index (χ2v) is 21.4. The number of piperazine rings is 1. The molecule has 1 aromatic heterocycles. The average molecular weight is 1040 g/mol. The number of aryl methyl sites for hydroxylation is 1. The Morgan fingerprint density at radius 1 is 0.720 bits per heavy atom. The highest BCUT2D eigenvalue weighted by atomic mass is 16.7. The van der Waals surface area contributed by atoms with Gasteiger partial charge in [0.05, 0.1) is 18.7 Å². The van der Waals surface area contributed by atoms with Gasteiger partial charge in [0.2, 0.25) is 11.7 Å². The van der Waals surface area contributed by atoms with Gasteiger partial charge < -0.3 is 29.7 Å². The largest absolute Gasteiger partial charge is 0.510 e. The second kappa shape index (κ2) is 31.8. The summed E-state index contributed by atoms with van der Waals surface area (Å²) in [5.41, 5.74) is 13.9. The third-order valence-electron chi connectivity index (χ3n) is 15.5. The highest BCUT2D eigenvalue weighted by Crippen LogP contribution is 2.30. The number of hydrogen-bond acceptors (Lipinski definition) is 14. The van der Waals surface area contributed by atoms with Crippen LogP contribution in [0.15, 0.2) is 48.2 Å². The summed E-state index contributed by atoms with van der Waals surface area (Å²) in [6, 6.07) is 11.2. The number of Topliss-reactive ketones (excluding diaryl/α,β-unsaturated/α-hetero) is 2. The first-order valence-corrected chi connectivity index (χ1v) is 28.7. The van der Waals surface area contributed by atoms with Gasteiger partial charge >= 0.3 is 17.9 Å². The SMILES string of the molecule is CCCCCCCCCCOC(=O)OCn1cc2cc(C[C@@H](NN3CCC(/C(=C/c4ccccc4N)C(=O)C(=O)C(=O)OCCCCCCCCCC)CC3)C(=O)N3CCN(C4CCN(C)CC4)CC3)cc(C)c2n1. The van der Waals surface area contributed by atoms with E-state index in [-0.39, 0.29) is 30.7 Å². The number of amides is 1. The van der Waals surface area contributed by atoms with E-state index in [9.17, 15) is 24.0 Å². The highest BCUT2D eigenvalue weighted by Gasteiger charge is 2.36. The number of anilines is 1. The van der Waals surface area contributed by atoms with Crippen LogP contribution in [-0.2, 0) is 46.5 Å². The van der Waals surface area contributed by atoms with E-state index in [0.29, 0.717) is 75.8 Å². The van der Waals surface area contributed by atoms with E-state index >= 15 is 0 Å². The molecule has 0 saturated carbocycles. The van der Waals surface area contributed by atoms with Crippen molar-refractivity contribution in [1.82, 2.24) is 34.9 Å². The lowest BCUT2D eigenvalue weighted by atomic mass is 9.84. The number of para-hydroxylation sites is 1. The van der Waals surface area contributed by atoms with Crippen molar-refractivity contribution in [1.29, 1.82) is 0 Å². The summed E-state index contributed by atoms with van der Waals surface area (Å²) in [6.07, 6.45) is 24.3. The van der Waals surface area contributed by atoms with Gasteiger partial charge in [0.15, 0.2) is 6.73 Å². The van der Waals surface area contributed by atoms with Gasteiger partial charge in [-0.1, -0.05) is 128 Å². The predicted molar refractivity (Wildman–Crippen MR) is 296 cm³/mol. The summed E-state index contributed by atoms with van der Waals surface area (Å²) in [5, 5.41) is 7.65. The van der Waals surface area contributed by atoms with Crippen LogP contribution in [0.2, 0.25) is 0 Å². The van der Waals surface area contributed by atoms with Crippen molar-refractivity contribution in [3.05, 3.63) is 64.9 Å². The van der Waals surface area contributed by atoms with Gasteiger partial charge in [-0.05, 0) is 113 Å². The lowest BCUT2D eigenvalue weighted by Gasteiger charge is -2.43. The van der Waals surface area contributed by atoms with Gasteiger partial charge in [-0.15, -0.1) is 0 Å². The molecule has 3 saturated heterocycles. The van der Waals surface area contributed by atoms with Crippen LogP contribution in [0.25, 0.3) is 17.0 Å². The maximum Gasteiger partial charge on any atom is 0.510 e. The van der Waals surface area contributed by atoms with Crippen LogP contribution in [0.1, 0.15) is 159 Å². The predicted octanol–water partition coefficient (Wildman–Crippen LogP) is 9.45. The van der Waals surface area contributed by atoms with Crippen molar-refractivity contribution in [2.24, 2.45) is 5.92 Å². The molecule has 0 radical (unpaired) electrons. The summed E-state index contributed by atoms with van der Waals surface area (Å²) in [4.78, 5) is 74.7. The molecule has 1 amide bonds. The number of fused-ring (bicyclic) bond motifs is 1. The molecule has 3 fully saturated rings. The number of aromatic nitrogens is 2. The number of nitrogen functional groups attached to an aromatic ring is 1. The molecule has 0 spiro atoms. The Kier molecular flexibility index (Phi) is 25.0. The number of esters is 1. The topological polar surface area (TPSA) is 182 Å². The van der Waals surface area contributed by atoms with Crippen molar-refractivity contribution in [3.63, 3.8) is 0 Å². The van der Waals surface area contributed by atoms with Crippen LogP contribution in [0.5, 0.6) is 0 Å². The third kappa shape index (κ3) is 19.1. The van der Waals surface area contributed by atoms with Gasteiger partial charge in [-0.25, -0.2) is 24.7 Å². The number of piperidine rings is 2. The fourth-order valence-electron chi connectivity index (χ4n) is 10.9. The monoisotopic (exact) mass is 1040 g/mol. The number of nitrogens with two attached hydrogens (primary N) is 1. The molecule has 3 N–H and O–H groups in total. The molecule has 16 nitrogen and oxygen atoms in total. The number of ketones is 2. The van der Waals surface area contributed by atoms with Crippen LogP contribution >= 0.6 is 0 Å². The fourth-order valence-corrected chi connectivity index (χ4v) is 10.9. The molecule has 1 atom stereocenters. The Morgan fingerprint density at radius 2 is 1.32 bits per heavy atom. The normalized spacial score (nSPS) is 17.1. The lowest BCUT2D eigenvalue weighted by molar-refractivity contribution is -0.156. The number of benzene rings is 2. The highest BCUT2D eigenvalue weighted by molar-refractivity contribution is 6.65. The quantitative estimate of drug-likeness (QED) is 0.0155. The minimum Gasteiger partial charge on any atom is -0.460 e. The Balaban J connectivity index is 1.09. The molecule has 4 heterocycles. The van der Waals surface area contributed by atoms with E-state index in [0.717, 1.165) is 99.6 Å². The van der Waals surface area contributed by atoms with Crippen molar-refractivity contribution in [2.45, 2.75) is 174 Å². The van der Waals surface area contributed by atoms with Crippen LogP contribution in [0.3, 0.4) is 0 Å². The minimum absolute atomic E-state index is 0.0267. The molecular formula is C59H90N8O8. The number of rotatable bonds is 31. The van der Waals surface area contributed by atoms with E-state index in [4.69, 9.17) is 25.0 Å². The standard InChI is InChI=1S/C59H90N8O8/c1-5-7-9-11-13-15-17-21-37-73-58(71)56(69)55(68)51(42-48-23-19-20-24-52(48)60)47-25-31-66(32-26-47)61-53(57(70)65-35-33-64(34-36-65)50-27-29-63(4)30-28-50)41-46-39-45(3)54-49(40-46)43-67(62-54)44-75-59(72)74-38-22-18-16-14-12-10-8-6-2/h19-20,23-24,39-40,42-43,47,50,53,61H,5-18,21-22,25-38,41,44,60H2,1-4H3/b51-42-/t53-/m1/s1. The van der Waals surface area contributed by atoms with Gasteiger partial charge in [-0.2, -0.15) is 5.10 Å². The molecule has 16 heteroatoms. The van der Waals surface area contributed by atoms with Gasteiger partial charge in [0, 0.05) is 68.2 Å². The molecule has 414 valence electrons. The molecule has 3 aliphatic heterocycles. The third-order valence-corrected chi connectivity index (χ3v) is 15.5. The number of hydrazine groups is 1. The zero-order chi connectivity index (χ0) is 53.4. The van der Waals surface area contributed by atoms with Crippen molar-refractivity contribution in [3.8, 4) is 0 Å². The minimum atomic E-state index is -1.17. The van der Waals surface area contributed by atoms with Crippen LogP contribution in [-0.4, -0.2) is 144 Å². The zero-order valence-electron chi connectivity index (χ0n) is 46.0. The number of ether oxygens (including phenoxy) is 3. The maximum atomic E-state index is 14.8. The number of likely N-dealkylation sites (tertiary alicyclic amines) is 1.